The van der Waals surface area contributed by atoms with E-state index in [0.717, 1.165) is 23.7 Å². The highest BCUT2D eigenvalue weighted by Crippen LogP contribution is 2.44. The van der Waals surface area contributed by atoms with Crippen LogP contribution in [-0.4, -0.2) is 0 Å². The molecule has 133 valence electrons. The van der Waals surface area contributed by atoms with E-state index in [-0.39, 0.29) is 0 Å². The van der Waals surface area contributed by atoms with Gasteiger partial charge in [-0.05, 0) is 59.3 Å². The van der Waals surface area contributed by atoms with E-state index < -0.39 is 0 Å². The molecule has 0 aromatic heterocycles. The van der Waals surface area contributed by atoms with Gasteiger partial charge in [0.15, 0.2) is 0 Å². The molecule has 27 heavy (non-hydrogen) atoms. The molecule has 0 amide bonds. The molecule has 2 aliphatic rings. The Bertz CT molecular complexity index is 990. The van der Waals surface area contributed by atoms with E-state index in [9.17, 15) is 0 Å². The first-order valence-electron chi connectivity index (χ1n) is 9.15. The second-order valence-electron chi connectivity index (χ2n) is 6.65. The third-order valence-corrected chi connectivity index (χ3v) is 7.05. The minimum Gasteiger partial charge on any atom is -0.0888 e. The maximum Gasteiger partial charge on any atom is 0.0239 e. The average Bonchev–Trinajstić information content (AvgIpc) is 2.73. The molecule has 0 nitrogen and oxygen atoms in total. The SMILES string of the molecule is [CH]=CC1=C(Br)C(=CC=C2C=C(c3ccccc3)Sc3ccccc32)CCC1. The summed E-state index contributed by atoms with van der Waals surface area (Å²) < 4.78 is 1.15. The van der Waals surface area contributed by atoms with Gasteiger partial charge in [-0.15, -0.1) is 0 Å². The Labute approximate surface area is 174 Å². The summed E-state index contributed by atoms with van der Waals surface area (Å²) in [5, 5.41) is 0. The van der Waals surface area contributed by atoms with E-state index in [1.54, 1.807) is 6.08 Å². The second kappa shape index (κ2) is 8.33. The van der Waals surface area contributed by atoms with Crippen molar-refractivity contribution in [2.45, 2.75) is 24.2 Å². The van der Waals surface area contributed by atoms with Crippen LogP contribution in [0.2, 0.25) is 0 Å². The molecule has 1 aliphatic heterocycles. The summed E-state index contributed by atoms with van der Waals surface area (Å²) in [6.45, 7) is 5.77. The molecule has 0 saturated heterocycles. The molecule has 2 aromatic carbocycles. The Hall–Kier alpha value is -2.03. The zero-order chi connectivity index (χ0) is 18.6. The number of rotatable bonds is 3. The number of hydrogen-bond donors (Lipinski definition) is 0. The van der Waals surface area contributed by atoms with Crippen molar-refractivity contribution >= 4 is 38.2 Å². The minimum atomic E-state index is 1.04. The molecule has 0 atom stereocenters. The third kappa shape index (κ3) is 3.97. The minimum absolute atomic E-state index is 1.04. The normalized spacial score (nSPS) is 19.8. The van der Waals surface area contributed by atoms with Crippen molar-refractivity contribution in [3.05, 3.63) is 112 Å². The van der Waals surface area contributed by atoms with E-state index in [0.29, 0.717) is 0 Å². The van der Waals surface area contributed by atoms with Gasteiger partial charge >= 0.3 is 0 Å². The van der Waals surface area contributed by atoms with Crippen LogP contribution in [0.3, 0.4) is 0 Å². The zero-order valence-corrected chi connectivity index (χ0v) is 17.4. The van der Waals surface area contributed by atoms with Gasteiger partial charge in [0.2, 0.25) is 0 Å². The molecule has 1 radical (unpaired) electrons. The maximum atomic E-state index is 5.77. The van der Waals surface area contributed by atoms with E-state index in [1.807, 2.05) is 11.8 Å². The number of hydrogen-bond acceptors (Lipinski definition) is 1. The van der Waals surface area contributed by atoms with Crippen molar-refractivity contribution in [1.29, 1.82) is 0 Å². The van der Waals surface area contributed by atoms with E-state index >= 15 is 0 Å². The zero-order valence-electron chi connectivity index (χ0n) is 15.0. The smallest absolute Gasteiger partial charge is 0.0239 e. The van der Waals surface area contributed by atoms with E-state index in [1.165, 1.54) is 37.6 Å². The largest absolute Gasteiger partial charge is 0.0888 e. The third-order valence-electron chi connectivity index (χ3n) is 4.88. The predicted octanol–water partition coefficient (Wildman–Crippen LogP) is 7.97. The van der Waals surface area contributed by atoms with E-state index in [2.05, 4.69) is 88.8 Å². The van der Waals surface area contributed by atoms with Gasteiger partial charge in [0.25, 0.3) is 0 Å². The van der Waals surface area contributed by atoms with Crippen LogP contribution < -0.4 is 0 Å². The van der Waals surface area contributed by atoms with Crippen LogP contribution in [0.1, 0.15) is 30.4 Å². The van der Waals surface area contributed by atoms with Crippen LogP contribution in [0.15, 0.2) is 99.4 Å². The molecular formula is C25H20BrS. The molecule has 1 heterocycles. The lowest BCUT2D eigenvalue weighted by molar-refractivity contribution is 0.794. The number of thioether (sulfide) groups is 1. The summed E-state index contributed by atoms with van der Waals surface area (Å²) in [7, 11) is 0. The van der Waals surface area contributed by atoms with Crippen LogP contribution in [0.25, 0.3) is 10.5 Å². The molecule has 1 aliphatic carbocycles. The molecule has 0 N–H and O–H groups in total. The van der Waals surface area contributed by atoms with Gasteiger partial charge in [-0.2, -0.15) is 0 Å². The number of halogens is 1. The van der Waals surface area contributed by atoms with Gasteiger partial charge < -0.3 is 0 Å². The first-order valence-corrected chi connectivity index (χ1v) is 10.8. The predicted molar refractivity (Wildman–Crippen MR) is 121 cm³/mol. The van der Waals surface area contributed by atoms with Crippen molar-refractivity contribution < 1.29 is 0 Å². The van der Waals surface area contributed by atoms with Crippen LogP contribution in [0, 0.1) is 6.58 Å². The standard InChI is InChI=1S/C25H20BrS/c1-2-18-11-8-12-20(25(18)26)15-16-21-17-24(19-9-4-3-5-10-19)27-23-14-7-6-13-22(21)23/h1-7,9-10,13-17H,8,11-12H2. The highest BCUT2D eigenvalue weighted by atomic mass is 79.9. The van der Waals surface area contributed by atoms with Crippen LogP contribution in [0.4, 0.5) is 0 Å². The Morgan fingerprint density at radius 2 is 1.70 bits per heavy atom. The molecule has 4 rings (SSSR count). The Kier molecular flexibility index (Phi) is 5.66. The van der Waals surface area contributed by atoms with Crippen LogP contribution >= 0.6 is 27.7 Å². The lowest BCUT2D eigenvalue weighted by Crippen LogP contribution is -1.97. The van der Waals surface area contributed by atoms with Crippen molar-refractivity contribution in [3.63, 3.8) is 0 Å². The first-order chi connectivity index (χ1) is 13.3. The number of benzene rings is 2. The molecule has 2 heteroatoms. The quantitative estimate of drug-likeness (QED) is 0.474. The molecule has 0 unspecified atom stereocenters. The van der Waals surface area contributed by atoms with Crippen molar-refractivity contribution in [1.82, 2.24) is 0 Å². The molecule has 0 saturated carbocycles. The van der Waals surface area contributed by atoms with Gasteiger partial charge in [-0.3, -0.25) is 0 Å². The fourth-order valence-electron chi connectivity index (χ4n) is 3.44. The first kappa shape index (κ1) is 18.3. The molecule has 0 fully saturated rings. The fraction of sp³-hybridized carbons (Fsp3) is 0.120. The van der Waals surface area contributed by atoms with Gasteiger partial charge in [0.1, 0.15) is 0 Å². The Morgan fingerprint density at radius 3 is 2.52 bits per heavy atom. The summed E-state index contributed by atoms with van der Waals surface area (Å²) in [4.78, 5) is 2.59. The average molecular weight is 432 g/mol. The summed E-state index contributed by atoms with van der Waals surface area (Å²) >= 11 is 5.58. The van der Waals surface area contributed by atoms with Gasteiger partial charge in [0.05, 0.1) is 0 Å². The summed E-state index contributed by atoms with van der Waals surface area (Å²) in [5.74, 6) is 0. The highest BCUT2D eigenvalue weighted by Gasteiger charge is 2.17. The summed E-state index contributed by atoms with van der Waals surface area (Å²) in [6, 6.07) is 19.2. The van der Waals surface area contributed by atoms with Crippen molar-refractivity contribution in [2.24, 2.45) is 0 Å². The van der Waals surface area contributed by atoms with Crippen LogP contribution in [0.5, 0.6) is 0 Å². The molecule has 0 bridgehead atoms. The number of fused-ring (bicyclic) bond motifs is 1. The lowest BCUT2D eigenvalue weighted by atomic mass is 9.94. The molecule has 2 aromatic rings. The van der Waals surface area contributed by atoms with Gasteiger partial charge in [-0.25, -0.2) is 0 Å². The Morgan fingerprint density at radius 1 is 0.926 bits per heavy atom. The van der Waals surface area contributed by atoms with Crippen LogP contribution in [-0.2, 0) is 0 Å². The van der Waals surface area contributed by atoms with Gasteiger partial charge in [-0.1, -0.05) is 101 Å². The summed E-state index contributed by atoms with van der Waals surface area (Å²) in [6.07, 6.45) is 11.8. The van der Waals surface area contributed by atoms with Gasteiger partial charge in [0, 0.05) is 14.3 Å². The maximum absolute atomic E-state index is 5.77. The van der Waals surface area contributed by atoms with Crippen molar-refractivity contribution in [3.8, 4) is 0 Å². The molecule has 0 spiro atoms. The fourth-order valence-corrected chi connectivity index (χ4v) is 5.22. The monoisotopic (exact) mass is 431 g/mol. The second-order valence-corrected chi connectivity index (χ2v) is 8.52. The van der Waals surface area contributed by atoms with Crippen molar-refractivity contribution in [2.75, 3.05) is 0 Å². The summed E-state index contributed by atoms with van der Waals surface area (Å²) in [5.41, 5.74) is 6.32. The van der Waals surface area contributed by atoms with E-state index in [4.69, 9.17) is 6.58 Å². The molecular weight excluding hydrogens is 412 g/mol. The number of allylic oxidation sites excluding steroid dienone is 8. The lowest BCUT2D eigenvalue weighted by Gasteiger charge is -2.20. The highest BCUT2D eigenvalue weighted by molar-refractivity contribution is 9.12. The Balaban J connectivity index is 1.78. The topological polar surface area (TPSA) is 0 Å².